The molecule has 0 aliphatic heterocycles. The van der Waals surface area contributed by atoms with Gasteiger partial charge in [-0.15, -0.1) is 0 Å². The number of ether oxygens (including phenoxy) is 1. The van der Waals surface area contributed by atoms with Crippen LogP contribution in [0.3, 0.4) is 0 Å². The van der Waals surface area contributed by atoms with Crippen LogP contribution in [0.4, 0.5) is 5.69 Å². The zero-order valence-corrected chi connectivity index (χ0v) is 8.28. The highest BCUT2D eigenvalue weighted by atomic mass is 16.5. The van der Waals surface area contributed by atoms with E-state index in [1.807, 2.05) is 25.1 Å². The van der Waals surface area contributed by atoms with Gasteiger partial charge in [0.05, 0.1) is 7.11 Å². The second kappa shape index (κ2) is 4.46. The number of hydrogen-bond donors (Lipinski definition) is 1. The first-order chi connectivity index (χ1) is 6.63. The van der Waals surface area contributed by atoms with E-state index in [4.69, 9.17) is 5.73 Å². The summed E-state index contributed by atoms with van der Waals surface area (Å²) in [6.45, 7) is 1.92. The standard InChI is InChI=1S/C11H13NO2/c1-8-7-9(3-5-10(8)12)4-6-11(13)14-2/h3-7H,12H2,1-2H3. The molecule has 0 aliphatic carbocycles. The van der Waals surface area contributed by atoms with Gasteiger partial charge in [0.2, 0.25) is 0 Å². The predicted octanol–water partition coefficient (Wildman–Crippen LogP) is 1.76. The minimum atomic E-state index is -0.362. The molecule has 1 rings (SSSR count). The molecule has 0 amide bonds. The molecule has 74 valence electrons. The summed E-state index contributed by atoms with van der Waals surface area (Å²) in [5.41, 5.74) is 8.34. The highest BCUT2D eigenvalue weighted by Gasteiger charge is 1.95. The third kappa shape index (κ3) is 2.62. The van der Waals surface area contributed by atoms with Crippen molar-refractivity contribution in [2.45, 2.75) is 6.92 Å². The van der Waals surface area contributed by atoms with Crippen molar-refractivity contribution >= 4 is 17.7 Å². The molecule has 3 heteroatoms. The van der Waals surface area contributed by atoms with Gasteiger partial charge in [-0.3, -0.25) is 0 Å². The molecule has 3 nitrogen and oxygen atoms in total. The third-order valence-electron chi connectivity index (χ3n) is 1.91. The average molecular weight is 191 g/mol. The van der Waals surface area contributed by atoms with E-state index < -0.39 is 0 Å². The van der Waals surface area contributed by atoms with Crippen molar-refractivity contribution in [2.75, 3.05) is 12.8 Å². The number of nitrogen functional groups attached to an aromatic ring is 1. The molecule has 0 saturated heterocycles. The second-order valence-electron chi connectivity index (χ2n) is 2.97. The van der Waals surface area contributed by atoms with Gasteiger partial charge in [0.25, 0.3) is 0 Å². The monoisotopic (exact) mass is 191 g/mol. The van der Waals surface area contributed by atoms with Gasteiger partial charge in [-0.05, 0) is 36.3 Å². The summed E-state index contributed by atoms with van der Waals surface area (Å²) in [7, 11) is 1.35. The topological polar surface area (TPSA) is 52.3 Å². The van der Waals surface area contributed by atoms with Crippen LogP contribution in [0.15, 0.2) is 24.3 Å². The number of benzene rings is 1. The first kappa shape index (κ1) is 10.3. The summed E-state index contributed by atoms with van der Waals surface area (Å²) >= 11 is 0. The number of carbonyl (C=O) groups excluding carboxylic acids is 1. The van der Waals surface area contributed by atoms with Gasteiger partial charge < -0.3 is 10.5 Å². The van der Waals surface area contributed by atoms with Crippen LogP contribution in [0.5, 0.6) is 0 Å². The number of aryl methyl sites for hydroxylation is 1. The Hall–Kier alpha value is -1.77. The molecule has 0 aromatic heterocycles. The zero-order valence-electron chi connectivity index (χ0n) is 8.28. The maximum absolute atomic E-state index is 10.8. The minimum Gasteiger partial charge on any atom is -0.466 e. The third-order valence-corrected chi connectivity index (χ3v) is 1.91. The van der Waals surface area contributed by atoms with Crippen molar-refractivity contribution in [3.63, 3.8) is 0 Å². The Bertz CT molecular complexity index is 370. The van der Waals surface area contributed by atoms with Crippen LogP contribution in [0.2, 0.25) is 0 Å². The quantitative estimate of drug-likeness (QED) is 0.440. The highest BCUT2D eigenvalue weighted by Crippen LogP contribution is 2.13. The predicted molar refractivity (Wildman–Crippen MR) is 56.6 cm³/mol. The van der Waals surface area contributed by atoms with Crippen LogP contribution < -0.4 is 5.73 Å². The Morgan fingerprint density at radius 3 is 2.79 bits per heavy atom. The number of anilines is 1. The van der Waals surface area contributed by atoms with Gasteiger partial charge in [-0.25, -0.2) is 4.79 Å². The Morgan fingerprint density at radius 1 is 1.50 bits per heavy atom. The normalized spacial score (nSPS) is 10.4. The molecule has 0 spiro atoms. The lowest BCUT2D eigenvalue weighted by Gasteiger charge is -2.00. The number of hydrogen-bond acceptors (Lipinski definition) is 3. The Kier molecular flexibility index (Phi) is 3.29. The van der Waals surface area contributed by atoms with E-state index in [9.17, 15) is 4.79 Å². The smallest absolute Gasteiger partial charge is 0.330 e. The first-order valence-corrected chi connectivity index (χ1v) is 4.25. The van der Waals surface area contributed by atoms with Crippen molar-refractivity contribution in [3.8, 4) is 0 Å². The van der Waals surface area contributed by atoms with Crippen molar-refractivity contribution in [1.29, 1.82) is 0 Å². The lowest BCUT2D eigenvalue weighted by Crippen LogP contribution is -1.93. The Balaban J connectivity index is 2.83. The van der Waals surface area contributed by atoms with Gasteiger partial charge in [0, 0.05) is 11.8 Å². The van der Waals surface area contributed by atoms with Crippen molar-refractivity contribution in [3.05, 3.63) is 35.4 Å². The van der Waals surface area contributed by atoms with Gasteiger partial charge in [0.15, 0.2) is 0 Å². The van der Waals surface area contributed by atoms with E-state index >= 15 is 0 Å². The van der Waals surface area contributed by atoms with E-state index in [0.717, 1.165) is 16.8 Å². The molecule has 1 aromatic carbocycles. The molecule has 0 saturated carbocycles. The summed E-state index contributed by atoms with van der Waals surface area (Å²) in [5.74, 6) is -0.362. The summed E-state index contributed by atoms with van der Waals surface area (Å²) in [6.07, 6.45) is 3.07. The molecule has 0 aliphatic rings. The van der Waals surface area contributed by atoms with Crippen molar-refractivity contribution in [1.82, 2.24) is 0 Å². The van der Waals surface area contributed by atoms with Crippen LogP contribution in [0.25, 0.3) is 6.08 Å². The fourth-order valence-corrected chi connectivity index (χ4v) is 1.03. The SMILES string of the molecule is COC(=O)C=Cc1ccc(N)c(C)c1. The molecule has 1 aromatic rings. The minimum absolute atomic E-state index is 0.362. The molecule has 14 heavy (non-hydrogen) atoms. The number of rotatable bonds is 2. The molecule has 0 atom stereocenters. The van der Waals surface area contributed by atoms with Crippen LogP contribution in [0.1, 0.15) is 11.1 Å². The average Bonchev–Trinajstić information content (AvgIpc) is 2.19. The lowest BCUT2D eigenvalue weighted by molar-refractivity contribution is -0.134. The number of methoxy groups -OCH3 is 1. The van der Waals surface area contributed by atoms with E-state index in [-0.39, 0.29) is 5.97 Å². The Labute approximate surface area is 83.2 Å². The van der Waals surface area contributed by atoms with Crippen LogP contribution in [0, 0.1) is 6.92 Å². The van der Waals surface area contributed by atoms with Gasteiger partial charge in [-0.1, -0.05) is 6.07 Å². The van der Waals surface area contributed by atoms with Crippen LogP contribution >= 0.6 is 0 Å². The molecule has 0 heterocycles. The molecular weight excluding hydrogens is 178 g/mol. The molecule has 0 unspecified atom stereocenters. The van der Waals surface area contributed by atoms with Gasteiger partial charge in [-0.2, -0.15) is 0 Å². The fourth-order valence-electron chi connectivity index (χ4n) is 1.03. The summed E-state index contributed by atoms with van der Waals surface area (Å²) in [4.78, 5) is 10.8. The summed E-state index contributed by atoms with van der Waals surface area (Å²) in [5, 5.41) is 0. The molecular formula is C11H13NO2. The van der Waals surface area contributed by atoms with Crippen LogP contribution in [-0.2, 0) is 9.53 Å². The maximum atomic E-state index is 10.8. The number of carbonyl (C=O) groups is 1. The second-order valence-corrected chi connectivity index (χ2v) is 2.97. The summed E-state index contributed by atoms with van der Waals surface area (Å²) in [6, 6.07) is 5.57. The van der Waals surface area contributed by atoms with Gasteiger partial charge in [0.1, 0.15) is 0 Å². The molecule has 0 fully saturated rings. The Morgan fingerprint density at radius 2 is 2.21 bits per heavy atom. The van der Waals surface area contributed by atoms with Gasteiger partial charge >= 0.3 is 5.97 Å². The van der Waals surface area contributed by atoms with E-state index in [1.54, 1.807) is 6.08 Å². The maximum Gasteiger partial charge on any atom is 0.330 e. The van der Waals surface area contributed by atoms with Crippen molar-refractivity contribution in [2.24, 2.45) is 0 Å². The fraction of sp³-hybridized carbons (Fsp3) is 0.182. The highest BCUT2D eigenvalue weighted by molar-refractivity contribution is 5.87. The lowest BCUT2D eigenvalue weighted by atomic mass is 10.1. The molecule has 0 radical (unpaired) electrons. The van der Waals surface area contributed by atoms with E-state index in [1.165, 1.54) is 13.2 Å². The van der Waals surface area contributed by atoms with Crippen molar-refractivity contribution < 1.29 is 9.53 Å². The molecule has 2 N–H and O–H groups in total. The van der Waals surface area contributed by atoms with Crippen LogP contribution in [-0.4, -0.2) is 13.1 Å². The summed E-state index contributed by atoms with van der Waals surface area (Å²) < 4.78 is 4.48. The largest absolute Gasteiger partial charge is 0.466 e. The zero-order chi connectivity index (χ0) is 10.6. The number of nitrogens with two attached hydrogens (primary N) is 1. The molecule has 0 bridgehead atoms. The van der Waals surface area contributed by atoms with E-state index in [0.29, 0.717) is 0 Å². The number of esters is 1. The first-order valence-electron chi connectivity index (χ1n) is 4.25. The van der Waals surface area contributed by atoms with E-state index in [2.05, 4.69) is 4.74 Å².